The molecule has 0 atom stereocenters. The molecule has 0 unspecified atom stereocenters. The van der Waals surface area contributed by atoms with E-state index in [2.05, 4.69) is 31.1 Å². The van der Waals surface area contributed by atoms with Crippen LogP contribution in [0.4, 0.5) is 15.9 Å². The molecule has 0 amide bonds. The van der Waals surface area contributed by atoms with Crippen molar-refractivity contribution in [3.63, 3.8) is 0 Å². The van der Waals surface area contributed by atoms with Crippen LogP contribution in [-0.2, 0) is 5.41 Å². The first-order valence-corrected chi connectivity index (χ1v) is 10.6. The molecule has 0 bridgehead atoms. The lowest BCUT2D eigenvalue weighted by Gasteiger charge is -2.21. The highest BCUT2D eigenvalue weighted by molar-refractivity contribution is 5.86. The van der Waals surface area contributed by atoms with Gasteiger partial charge >= 0.3 is 0 Å². The normalized spacial score (nSPS) is 11.3. The number of hydrogen-bond donors (Lipinski definition) is 2. The van der Waals surface area contributed by atoms with Crippen molar-refractivity contribution in [2.75, 3.05) is 5.32 Å². The lowest BCUT2D eigenvalue weighted by molar-refractivity contribution is 0.590. The number of nitrogens with zero attached hydrogens (tertiary/aromatic N) is 2. The van der Waals surface area contributed by atoms with E-state index in [0.717, 1.165) is 11.8 Å². The molecule has 0 saturated heterocycles. The van der Waals surface area contributed by atoms with Crippen LogP contribution in [0.2, 0.25) is 0 Å². The largest absolute Gasteiger partial charge is 0.339 e. The Kier molecular flexibility index (Phi) is 5.92. The highest BCUT2D eigenvalue weighted by atomic mass is 19.1. The quantitative estimate of drug-likeness (QED) is 0.370. The van der Waals surface area contributed by atoms with Gasteiger partial charge in [0.05, 0.1) is 11.3 Å². The molecular formula is C27H25FN4O. The summed E-state index contributed by atoms with van der Waals surface area (Å²) in [4.78, 5) is 18.2. The molecule has 0 radical (unpaired) electrons. The van der Waals surface area contributed by atoms with Gasteiger partial charge in [0.25, 0.3) is 5.56 Å². The predicted octanol–water partition coefficient (Wildman–Crippen LogP) is 6.08. The highest BCUT2D eigenvalue weighted by Crippen LogP contribution is 2.28. The van der Waals surface area contributed by atoms with Crippen molar-refractivity contribution in [2.24, 2.45) is 0 Å². The smallest absolute Gasteiger partial charge is 0.269 e. The number of hydrogen-bond acceptors (Lipinski definition) is 4. The fourth-order valence-electron chi connectivity index (χ4n) is 3.59. The minimum absolute atomic E-state index is 0.0559. The van der Waals surface area contributed by atoms with Crippen molar-refractivity contribution in [3.05, 3.63) is 106 Å². The van der Waals surface area contributed by atoms with Gasteiger partial charge in [-0.15, -0.1) is 0 Å². The summed E-state index contributed by atoms with van der Waals surface area (Å²) < 4.78 is 16.2. The Bertz CT molecular complexity index is 1350. The first kappa shape index (κ1) is 22.1. The molecule has 4 rings (SSSR count). The third-order valence-corrected chi connectivity index (χ3v) is 5.41. The van der Waals surface area contributed by atoms with Crippen molar-refractivity contribution in [1.82, 2.24) is 9.55 Å². The molecular weight excluding hydrogens is 415 g/mol. The first-order valence-electron chi connectivity index (χ1n) is 10.6. The Labute approximate surface area is 192 Å². The Balaban J connectivity index is 1.98. The lowest BCUT2D eigenvalue weighted by atomic mass is 9.87. The van der Waals surface area contributed by atoms with E-state index in [1.165, 1.54) is 10.6 Å². The van der Waals surface area contributed by atoms with Gasteiger partial charge in [-0.25, -0.2) is 9.37 Å². The Morgan fingerprint density at radius 2 is 1.58 bits per heavy atom. The molecule has 1 aromatic heterocycles. The number of rotatable bonds is 5. The van der Waals surface area contributed by atoms with E-state index in [1.54, 1.807) is 18.2 Å². The Hall–Kier alpha value is -4.06. The number of nitrogens with one attached hydrogen (secondary N) is 2. The van der Waals surface area contributed by atoms with Crippen LogP contribution >= 0.6 is 0 Å². The topological polar surface area (TPSA) is 70.8 Å². The molecule has 0 aliphatic rings. The average Bonchev–Trinajstić information content (AvgIpc) is 2.79. The average molecular weight is 441 g/mol. The number of aromatic nitrogens is 2. The molecule has 33 heavy (non-hydrogen) atoms. The summed E-state index contributed by atoms with van der Waals surface area (Å²) in [6.07, 6.45) is 0.978. The van der Waals surface area contributed by atoms with Gasteiger partial charge < -0.3 is 10.7 Å². The van der Waals surface area contributed by atoms with Crippen LogP contribution in [0.25, 0.3) is 17.1 Å². The summed E-state index contributed by atoms with van der Waals surface area (Å²) in [6, 6.07) is 23.0. The molecule has 0 saturated carbocycles. The zero-order chi connectivity index (χ0) is 23.6. The number of para-hydroxylation sites is 1. The molecule has 3 aromatic carbocycles. The standard InChI is InChI=1S/C27H25FN4O/c1-27(2,3)18-13-15-20(16-14-18)32-25(21-11-7-8-12-23(21)28)31-24(22(17-29)26(32)33)30-19-9-5-4-6-10-19/h4-17,29-30H,1-3H3. The fraction of sp³-hybridized carbons (Fsp3) is 0.148. The summed E-state index contributed by atoms with van der Waals surface area (Å²) >= 11 is 0. The fourth-order valence-corrected chi connectivity index (χ4v) is 3.59. The van der Waals surface area contributed by atoms with Crippen molar-refractivity contribution < 1.29 is 4.39 Å². The van der Waals surface area contributed by atoms with Gasteiger partial charge in [-0.1, -0.05) is 63.2 Å². The molecule has 0 fully saturated rings. The van der Waals surface area contributed by atoms with E-state index < -0.39 is 11.4 Å². The lowest BCUT2D eigenvalue weighted by Crippen LogP contribution is -2.27. The molecule has 1 heterocycles. The van der Waals surface area contributed by atoms with Gasteiger partial charge in [0.1, 0.15) is 17.2 Å². The Morgan fingerprint density at radius 1 is 0.939 bits per heavy atom. The zero-order valence-electron chi connectivity index (χ0n) is 18.8. The minimum atomic E-state index is -0.488. The van der Waals surface area contributed by atoms with Crippen LogP contribution in [-0.4, -0.2) is 15.8 Å². The molecule has 166 valence electrons. The predicted molar refractivity (Wildman–Crippen MR) is 132 cm³/mol. The number of benzene rings is 3. The molecule has 0 spiro atoms. The maximum atomic E-state index is 14.8. The third kappa shape index (κ3) is 4.46. The van der Waals surface area contributed by atoms with Gasteiger partial charge in [-0.2, -0.15) is 0 Å². The number of halogens is 1. The van der Waals surface area contributed by atoms with Crippen LogP contribution in [0.15, 0.2) is 83.7 Å². The summed E-state index contributed by atoms with van der Waals surface area (Å²) in [5.41, 5.74) is 2.13. The molecule has 0 aliphatic heterocycles. The summed E-state index contributed by atoms with van der Waals surface area (Å²) in [7, 11) is 0. The molecule has 5 nitrogen and oxygen atoms in total. The zero-order valence-corrected chi connectivity index (χ0v) is 18.8. The van der Waals surface area contributed by atoms with Gasteiger partial charge in [-0.3, -0.25) is 9.36 Å². The van der Waals surface area contributed by atoms with Crippen LogP contribution in [0.3, 0.4) is 0 Å². The van der Waals surface area contributed by atoms with E-state index in [-0.39, 0.29) is 28.2 Å². The summed E-state index contributed by atoms with van der Waals surface area (Å²) in [6.45, 7) is 6.33. The van der Waals surface area contributed by atoms with Gasteiger partial charge in [0, 0.05) is 11.9 Å². The van der Waals surface area contributed by atoms with Crippen LogP contribution in [0.5, 0.6) is 0 Å². The monoisotopic (exact) mass is 440 g/mol. The molecule has 4 aromatic rings. The minimum Gasteiger partial charge on any atom is -0.339 e. The SMILES string of the molecule is CC(C)(C)c1ccc(-n2c(-c3ccccc3F)nc(Nc3ccccc3)c(C=N)c2=O)cc1. The Morgan fingerprint density at radius 3 is 2.18 bits per heavy atom. The van der Waals surface area contributed by atoms with Crippen LogP contribution in [0, 0.1) is 11.2 Å². The van der Waals surface area contributed by atoms with E-state index >= 15 is 0 Å². The molecule has 0 aliphatic carbocycles. The third-order valence-electron chi connectivity index (χ3n) is 5.41. The van der Waals surface area contributed by atoms with Crippen molar-refractivity contribution in [3.8, 4) is 17.1 Å². The van der Waals surface area contributed by atoms with Crippen LogP contribution in [0.1, 0.15) is 31.9 Å². The maximum absolute atomic E-state index is 14.8. The van der Waals surface area contributed by atoms with Gasteiger partial charge in [0.15, 0.2) is 5.82 Å². The second kappa shape index (κ2) is 8.82. The van der Waals surface area contributed by atoms with E-state index in [1.807, 2.05) is 54.6 Å². The van der Waals surface area contributed by atoms with Crippen molar-refractivity contribution >= 4 is 17.7 Å². The van der Waals surface area contributed by atoms with Crippen molar-refractivity contribution in [2.45, 2.75) is 26.2 Å². The summed E-state index contributed by atoms with van der Waals surface area (Å²) in [5.74, 6) is -0.134. The van der Waals surface area contributed by atoms with Crippen molar-refractivity contribution in [1.29, 1.82) is 5.41 Å². The van der Waals surface area contributed by atoms with Gasteiger partial charge in [0.2, 0.25) is 0 Å². The second-order valence-electron chi connectivity index (χ2n) is 8.75. The van der Waals surface area contributed by atoms with E-state index in [0.29, 0.717) is 11.4 Å². The molecule has 6 heteroatoms. The highest BCUT2D eigenvalue weighted by Gasteiger charge is 2.21. The summed E-state index contributed by atoms with van der Waals surface area (Å²) in [5, 5.41) is 11.0. The van der Waals surface area contributed by atoms with Gasteiger partial charge in [-0.05, 0) is 47.4 Å². The van der Waals surface area contributed by atoms with E-state index in [4.69, 9.17) is 5.41 Å². The first-order chi connectivity index (χ1) is 15.8. The molecule has 2 N–H and O–H groups in total. The van der Waals surface area contributed by atoms with Crippen LogP contribution < -0.4 is 10.9 Å². The number of anilines is 2. The van der Waals surface area contributed by atoms with E-state index in [9.17, 15) is 9.18 Å². The second-order valence-corrected chi connectivity index (χ2v) is 8.75. The maximum Gasteiger partial charge on any atom is 0.269 e.